The second kappa shape index (κ2) is 5.60. The number of ether oxygens (including phenoxy) is 1. The van der Waals surface area contributed by atoms with Crippen molar-refractivity contribution in [2.24, 2.45) is 5.92 Å². The summed E-state index contributed by atoms with van der Waals surface area (Å²) in [6.45, 7) is 3.83. The summed E-state index contributed by atoms with van der Waals surface area (Å²) < 4.78 is 5.74. The Balaban J connectivity index is 1.92. The van der Waals surface area contributed by atoms with Crippen LogP contribution in [0.15, 0.2) is 30.5 Å². The number of fused-ring (bicyclic) bond motifs is 1. The Morgan fingerprint density at radius 3 is 2.95 bits per heavy atom. The molecule has 2 aromatic rings. The molecule has 0 bridgehead atoms. The molecule has 5 heteroatoms. The lowest BCUT2D eigenvalue weighted by Crippen LogP contribution is -2.50. The third kappa shape index (κ3) is 2.51. The Labute approximate surface area is 123 Å². The molecule has 0 atom stereocenters. The highest BCUT2D eigenvalue weighted by atomic mass is 16.5. The summed E-state index contributed by atoms with van der Waals surface area (Å²) in [4.78, 5) is 17.4. The van der Waals surface area contributed by atoms with Crippen LogP contribution in [-0.2, 0) is 4.79 Å². The minimum Gasteiger partial charge on any atom is -0.491 e. The molecule has 110 valence electrons. The summed E-state index contributed by atoms with van der Waals surface area (Å²) in [5.41, 5.74) is 1.86. The number of carboxylic acid groups (broad SMARTS) is 1. The molecule has 3 rings (SSSR count). The van der Waals surface area contributed by atoms with E-state index in [4.69, 9.17) is 9.84 Å². The van der Waals surface area contributed by atoms with E-state index in [1.807, 2.05) is 24.3 Å². The topological polar surface area (TPSA) is 62.7 Å². The van der Waals surface area contributed by atoms with Gasteiger partial charge in [-0.3, -0.25) is 9.78 Å². The van der Waals surface area contributed by atoms with Crippen LogP contribution in [0, 0.1) is 5.92 Å². The Bertz CT molecular complexity index is 666. The molecule has 1 aliphatic heterocycles. The van der Waals surface area contributed by atoms with Gasteiger partial charge in [0.2, 0.25) is 0 Å². The van der Waals surface area contributed by atoms with Crippen molar-refractivity contribution in [1.82, 2.24) is 4.98 Å². The minimum absolute atomic E-state index is 0.271. The van der Waals surface area contributed by atoms with Crippen LogP contribution in [0.4, 0.5) is 5.69 Å². The van der Waals surface area contributed by atoms with Crippen molar-refractivity contribution in [1.29, 1.82) is 0 Å². The molecule has 1 aromatic heterocycles. The summed E-state index contributed by atoms with van der Waals surface area (Å²) >= 11 is 0. The number of pyridine rings is 1. The van der Waals surface area contributed by atoms with E-state index in [2.05, 4.69) is 16.8 Å². The molecule has 1 fully saturated rings. The number of rotatable bonds is 5. The highest BCUT2D eigenvalue weighted by Crippen LogP contribution is 2.34. The Morgan fingerprint density at radius 1 is 1.43 bits per heavy atom. The third-order valence-electron chi connectivity index (χ3n) is 3.74. The summed E-state index contributed by atoms with van der Waals surface area (Å²) in [7, 11) is 0. The number of hydrogen-bond acceptors (Lipinski definition) is 4. The summed E-state index contributed by atoms with van der Waals surface area (Å²) in [5, 5.41) is 10.0. The van der Waals surface area contributed by atoms with Gasteiger partial charge in [-0.2, -0.15) is 0 Å². The van der Waals surface area contributed by atoms with Crippen molar-refractivity contribution >= 4 is 22.6 Å². The largest absolute Gasteiger partial charge is 0.491 e. The number of aromatic nitrogens is 1. The van der Waals surface area contributed by atoms with Crippen molar-refractivity contribution in [2.45, 2.75) is 13.3 Å². The lowest BCUT2D eigenvalue weighted by atomic mass is 9.98. The van der Waals surface area contributed by atoms with E-state index >= 15 is 0 Å². The number of carbonyl (C=O) groups is 1. The smallest absolute Gasteiger partial charge is 0.310 e. The molecular formula is C16H18N2O3. The van der Waals surface area contributed by atoms with E-state index in [-0.39, 0.29) is 5.92 Å². The maximum Gasteiger partial charge on any atom is 0.310 e. The Morgan fingerprint density at radius 2 is 2.24 bits per heavy atom. The van der Waals surface area contributed by atoms with E-state index in [1.165, 1.54) is 0 Å². The van der Waals surface area contributed by atoms with Crippen LogP contribution in [-0.4, -0.2) is 35.8 Å². The first-order valence-corrected chi connectivity index (χ1v) is 7.19. The van der Waals surface area contributed by atoms with E-state index in [0.29, 0.717) is 19.7 Å². The predicted molar refractivity (Wildman–Crippen MR) is 80.9 cm³/mol. The molecular weight excluding hydrogens is 268 g/mol. The van der Waals surface area contributed by atoms with Gasteiger partial charge in [0.1, 0.15) is 11.3 Å². The van der Waals surface area contributed by atoms with Gasteiger partial charge in [0.25, 0.3) is 0 Å². The Hall–Kier alpha value is -2.30. The molecule has 1 aromatic carbocycles. The van der Waals surface area contributed by atoms with Gasteiger partial charge in [0.05, 0.1) is 12.5 Å². The monoisotopic (exact) mass is 286 g/mol. The van der Waals surface area contributed by atoms with Gasteiger partial charge in [-0.15, -0.1) is 0 Å². The normalized spacial score (nSPS) is 15.0. The maximum absolute atomic E-state index is 10.9. The van der Waals surface area contributed by atoms with Crippen molar-refractivity contribution in [3.63, 3.8) is 0 Å². The molecule has 0 amide bonds. The number of hydrogen-bond donors (Lipinski definition) is 1. The van der Waals surface area contributed by atoms with E-state index in [0.717, 1.165) is 28.8 Å². The van der Waals surface area contributed by atoms with Crippen molar-refractivity contribution in [3.8, 4) is 5.75 Å². The summed E-state index contributed by atoms with van der Waals surface area (Å²) in [5.74, 6) is -0.212. The van der Waals surface area contributed by atoms with Crippen molar-refractivity contribution in [2.75, 3.05) is 24.6 Å². The molecule has 0 radical (unpaired) electrons. The standard InChI is InChI=1S/C16H18N2O3/c1-2-8-21-14-5-3-4-12-13(6-7-17-15(12)14)18-9-11(10-18)16(19)20/h3-7,11H,2,8-10H2,1H3,(H,19,20). The van der Waals surface area contributed by atoms with Gasteiger partial charge >= 0.3 is 5.97 Å². The van der Waals surface area contributed by atoms with Gasteiger partial charge in [-0.1, -0.05) is 19.1 Å². The average Bonchev–Trinajstić information content (AvgIpc) is 2.43. The molecule has 21 heavy (non-hydrogen) atoms. The van der Waals surface area contributed by atoms with E-state index in [1.54, 1.807) is 6.20 Å². The molecule has 0 unspecified atom stereocenters. The third-order valence-corrected chi connectivity index (χ3v) is 3.74. The van der Waals surface area contributed by atoms with Gasteiger partial charge in [0.15, 0.2) is 0 Å². The molecule has 5 nitrogen and oxygen atoms in total. The van der Waals surface area contributed by atoms with Gasteiger partial charge < -0.3 is 14.7 Å². The quantitative estimate of drug-likeness (QED) is 0.915. The number of nitrogens with zero attached hydrogens (tertiary/aromatic N) is 2. The summed E-state index contributed by atoms with van der Waals surface area (Å²) in [6, 6.07) is 7.81. The zero-order chi connectivity index (χ0) is 14.8. The first kappa shape index (κ1) is 13.7. The van der Waals surface area contributed by atoms with Crippen LogP contribution >= 0.6 is 0 Å². The predicted octanol–water partition coefficient (Wildman–Crippen LogP) is 2.54. The fraction of sp³-hybridized carbons (Fsp3) is 0.375. The van der Waals surface area contributed by atoms with Crippen LogP contribution in [0.5, 0.6) is 5.75 Å². The van der Waals surface area contributed by atoms with Crippen LogP contribution in [0.25, 0.3) is 10.9 Å². The van der Waals surface area contributed by atoms with Crippen molar-refractivity contribution in [3.05, 3.63) is 30.5 Å². The van der Waals surface area contributed by atoms with Gasteiger partial charge in [-0.25, -0.2) is 0 Å². The first-order chi connectivity index (χ1) is 10.2. The highest BCUT2D eigenvalue weighted by Gasteiger charge is 2.33. The van der Waals surface area contributed by atoms with Crippen molar-refractivity contribution < 1.29 is 14.6 Å². The molecule has 1 aliphatic rings. The highest BCUT2D eigenvalue weighted by molar-refractivity contribution is 5.95. The fourth-order valence-corrected chi connectivity index (χ4v) is 2.57. The minimum atomic E-state index is -0.725. The van der Waals surface area contributed by atoms with Crippen LogP contribution in [0.2, 0.25) is 0 Å². The lowest BCUT2D eigenvalue weighted by Gasteiger charge is -2.39. The molecule has 0 aliphatic carbocycles. The number of benzene rings is 1. The van der Waals surface area contributed by atoms with E-state index < -0.39 is 5.97 Å². The van der Waals surface area contributed by atoms with Gasteiger partial charge in [0, 0.05) is 30.4 Å². The van der Waals surface area contributed by atoms with E-state index in [9.17, 15) is 4.79 Å². The van der Waals surface area contributed by atoms with Crippen LogP contribution < -0.4 is 9.64 Å². The number of carboxylic acids is 1. The average molecular weight is 286 g/mol. The number of anilines is 1. The SMILES string of the molecule is CCCOc1cccc2c(N3CC(C(=O)O)C3)ccnc12. The zero-order valence-electron chi connectivity index (χ0n) is 12.0. The molecule has 0 saturated carbocycles. The molecule has 2 heterocycles. The second-order valence-electron chi connectivity index (χ2n) is 5.27. The second-order valence-corrected chi connectivity index (χ2v) is 5.27. The summed E-state index contributed by atoms with van der Waals surface area (Å²) in [6.07, 6.45) is 2.70. The molecule has 0 spiro atoms. The number of aliphatic carboxylic acids is 1. The Kier molecular flexibility index (Phi) is 3.64. The zero-order valence-corrected chi connectivity index (χ0v) is 12.0. The van der Waals surface area contributed by atoms with Crippen LogP contribution in [0.1, 0.15) is 13.3 Å². The maximum atomic E-state index is 10.9. The lowest BCUT2D eigenvalue weighted by molar-refractivity contribution is -0.142. The van der Waals surface area contributed by atoms with Gasteiger partial charge in [-0.05, 0) is 18.6 Å². The first-order valence-electron chi connectivity index (χ1n) is 7.19. The fourth-order valence-electron chi connectivity index (χ4n) is 2.57. The molecule has 1 N–H and O–H groups in total. The molecule has 1 saturated heterocycles. The van der Waals surface area contributed by atoms with Crippen LogP contribution in [0.3, 0.4) is 0 Å². The number of para-hydroxylation sites is 1.